The Morgan fingerprint density at radius 2 is 1.74 bits per heavy atom. The number of aliphatic hydroxyl groups excluding tert-OH is 1. The molecule has 5 nitrogen and oxygen atoms in total. The van der Waals surface area contributed by atoms with Crippen LogP contribution in [0.3, 0.4) is 0 Å². The van der Waals surface area contributed by atoms with E-state index in [-0.39, 0.29) is 6.04 Å². The highest BCUT2D eigenvalue weighted by atomic mass is 16.3. The van der Waals surface area contributed by atoms with E-state index >= 15 is 0 Å². The summed E-state index contributed by atoms with van der Waals surface area (Å²) in [6, 6.07) is -0.229. The standard InChI is InChI=1S/C14H26N4O/c15-17-16-14(12-7-3-1-4-8-12)13(19)11-18-9-5-2-6-10-18/h12-14,19H,1-11H2/t13-,14+/m0/s1. The molecule has 2 atom stereocenters. The van der Waals surface area contributed by atoms with E-state index in [0.29, 0.717) is 12.5 Å². The first-order chi connectivity index (χ1) is 9.31. The molecule has 1 aliphatic heterocycles. The molecular formula is C14H26N4O. The Balaban J connectivity index is 1.90. The van der Waals surface area contributed by atoms with Gasteiger partial charge in [0.25, 0.3) is 0 Å². The molecule has 1 heterocycles. The summed E-state index contributed by atoms with van der Waals surface area (Å²) in [7, 11) is 0. The van der Waals surface area contributed by atoms with Gasteiger partial charge in [-0.1, -0.05) is 30.8 Å². The van der Waals surface area contributed by atoms with E-state index in [9.17, 15) is 5.11 Å². The van der Waals surface area contributed by atoms with E-state index < -0.39 is 6.10 Å². The van der Waals surface area contributed by atoms with Gasteiger partial charge in [0, 0.05) is 11.5 Å². The average molecular weight is 266 g/mol. The first-order valence-corrected chi connectivity index (χ1v) is 7.76. The van der Waals surface area contributed by atoms with Gasteiger partial charge in [0.15, 0.2) is 0 Å². The maximum Gasteiger partial charge on any atom is 0.0754 e. The fourth-order valence-electron chi connectivity index (χ4n) is 3.54. The van der Waals surface area contributed by atoms with Crippen LogP contribution in [-0.4, -0.2) is 41.8 Å². The average Bonchev–Trinajstić information content (AvgIpc) is 2.46. The third-order valence-electron chi connectivity index (χ3n) is 4.61. The second-order valence-corrected chi connectivity index (χ2v) is 6.02. The summed E-state index contributed by atoms with van der Waals surface area (Å²) in [4.78, 5) is 5.29. The largest absolute Gasteiger partial charge is 0.391 e. The van der Waals surface area contributed by atoms with Crippen LogP contribution in [0.25, 0.3) is 10.4 Å². The van der Waals surface area contributed by atoms with Crippen LogP contribution in [0, 0.1) is 5.92 Å². The van der Waals surface area contributed by atoms with Gasteiger partial charge in [0.05, 0.1) is 12.1 Å². The third kappa shape index (κ3) is 4.37. The Morgan fingerprint density at radius 1 is 1.11 bits per heavy atom. The van der Waals surface area contributed by atoms with Gasteiger partial charge in [0.2, 0.25) is 0 Å². The molecule has 5 heteroatoms. The Bertz CT molecular complexity index is 305. The number of β-amino-alcohol motifs (C(OH)–C–C–N with tert-alkyl or cyclic N) is 1. The molecule has 0 spiro atoms. The quantitative estimate of drug-likeness (QED) is 0.472. The van der Waals surface area contributed by atoms with Crippen molar-refractivity contribution in [1.29, 1.82) is 0 Å². The third-order valence-corrected chi connectivity index (χ3v) is 4.61. The van der Waals surface area contributed by atoms with Crippen LogP contribution >= 0.6 is 0 Å². The van der Waals surface area contributed by atoms with Crippen LogP contribution in [0.15, 0.2) is 5.11 Å². The van der Waals surface area contributed by atoms with E-state index in [1.807, 2.05) is 0 Å². The topological polar surface area (TPSA) is 72.2 Å². The second kappa shape index (κ2) is 7.73. The first kappa shape index (κ1) is 14.6. The molecule has 1 aliphatic carbocycles. The predicted molar refractivity (Wildman–Crippen MR) is 75.8 cm³/mol. The number of azide groups is 1. The van der Waals surface area contributed by atoms with Gasteiger partial charge < -0.3 is 10.0 Å². The summed E-state index contributed by atoms with van der Waals surface area (Å²) in [5.41, 5.74) is 8.76. The molecular weight excluding hydrogens is 240 g/mol. The number of hydrogen-bond acceptors (Lipinski definition) is 3. The zero-order chi connectivity index (χ0) is 13.5. The first-order valence-electron chi connectivity index (χ1n) is 7.76. The minimum Gasteiger partial charge on any atom is -0.391 e. The lowest BCUT2D eigenvalue weighted by Crippen LogP contribution is -2.43. The molecule has 108 valence electrons. The SMILES string of the molecule is [N-]=[N+]=N[C@H](C1CCCCC1)[C@@H](O)CN1CCCCC1. The van der Waals surface area contributed by atoms with Gasteiger partial charge in [-0.3, -0.25) is 0 Å². The van der Waals surface area contributed by atoms with Crippen molar-refractivity contribution in [3.05, 3.63) is 10.4 Å². The van der Waals surface area contributed by atoms with Crippen molar-refractivity contribution in [2.75, 3.05) is 19.6 Å². The number of hydrogen-bond donors (Lipinski definition) is 1. The summed E-state index contributed by atoms with van der Waals surface area (Å²) in [6.07, 6.45) is 9.14. The fourth-order valence-corrected chi connectivity index (χ4v) is 3.54. The molecule has 2 rings (SSSR count). The van der Waals surface area contributed by atoms with Crippen LogP contribution in [-0.2, 0) is 0 Å². The number of aliphatic hydroxyl groups is 1. The van der Waals surface area contributed by atoms with E-state index in [1.54, 1.807) is 0 Å². The lowest BCUT2D eigenvalue weighted by Gasteiger charge is -2.34. The number of nitrogens with zero attached hydrogens (tertiary/aromatic N) is 4. The van der Waals surface area contributed by atoms with Gasteiger partial charge in [-0.25, -0.2) is 0 Å². The summed E-state index contributed by atoms with van der Waals surface area (Å²) >= 11 is 0. The number of rotatable bonds is 5. The molecule has 1 N–H and O–H groups in total. The van der Waals surface area contributed by atoms with Crippen LogP contribution < -0.4 is 0 Å². The molecule has 0 aromatic carbocycles. The number of piperidine rings is 1. The smallest absolute Gasteiger partial charge is 0.0754 e. The molecule has 0 aromatic heterocycles. The fraction of sp³-hybridized carbons (Fsp3) is 1.00. The number of likely N-dealkylation sites (tertiary alicyclic amines) is 1. The lowest BCUT2D eigenvalue weighted by atomic mass is 9.82. The molecule has 0 radical (unpaired) electrons. The molecule has 19 heavy (non-hydrogen) atoms. The molecule has 2 aliphatic rings. The van der Waals surface area contributed by atoms with Crippen molar-refractivity contribution in [2.24, 2.45) is 11.0 Å². The van der Waals surface area contributed by atoms with Crippen molar-refractivity contribution in [3.63, 3.8) is 0 Å². The molecule has 0 aromatic rings. The maximum absolute atomic E-state index is 10.4. The van der Waals surface area contributed by atoms with Gasteiger partial charge in [-0.2, -0.15) is 0 Å². The summed E-state index contributed by atoms with van der Waals surface area (Å²) in [6.45, 7) is 2.82. The van der Waals surface area contributed by atoms with Gasteiger partial charge in [0.1, 0.15) is 0 Å². The van der Waals surface area contributed by atoms with Gasteiger partial charge in [-0.15, -0.1) is 0 Å². The summed E-state index contributed by atoms with van der Waals surface area (Å²) < 4.78 is 0. The van der Waals surface area contributed by atoms with Crippen molar-refractivity contribution in [2.45, 2.75) is 63.5 Å². The van der Waals surface area contributed by atoms with Crippen molar-refractivity contribution in [1.82, 2.24) is 4.90 Å². The Hall–Kier alpha value is -0.770. The highest BCUT2D eigenvalue weighted by Gasteiger charge is 2.30. The van der Waals surface area contributed by atoms with Crippen LogP contribution in [0.2, 0.25) is 0 Å². The monoisotopic (exact) mass is 266 g/mol. The molecule has 0 unspecified atom stereocenters. The van der Waals surface area contributed by atoms with Crippen molar-refractivity contribution < 1.29 is 5.11 Å². The summed E-state index contributed by atoms with van der Waals surface area (Å²) in [5, 5.41) is 14.4. The molecule has 0 amide bonds. The Kier molecular flexibility index (Phi) is 5.95. The van der Waals surface area contributed by atoms with Gasteiger partial charge in [-0.05, 0) is 50.2 Å². The van der Waals surface area contributed by atoms with E-state index in [2.05, 4.69) is 14.9 Å². The normalized spacial score (nSPS) is 25.5. The van der Waals surface area contributed by atoms with E-state index in [1.165, 1.54) is 38.5 Å². The van der Waals surface area contributed by atoms with Crippen LogP contribution in [0.1, 0.15) is 51.4 Å². The molecule has 1 saturated carbocycles. The molecule has 0 bridgehead atoms. The van der Waals surface area contributed by atoms with Crippen molar-refractivity contribution in [3.8, 4) is 0 Å². The highest BCUT2D eigenvalue weighted by Crippen LogP contribution is 2.30. The zero-order valence-corrected chi connectivity index (χ0v) is 11.7. The Labute approximate surface area is 115 Å². The minimum atomic E-state index is -0.503. The van der Waals surface area contributed by atoms with Gasteiger partial charge >= 0.3 is 0 Å². The highest BCUT2D eigenvalue weighted by molar-refractivity contribution is 4.87. The predicted octanol–water partition coefficient (Wildman–Crippen LogP) is 3.09. The summed E-state index contributed by atoms with van der Waals surface area (Å²) in [5.74, 6) is 0.379. The Morgan fingerprint density at radius 3 is 2.37 bits per heavy atom. The van der Waals surface area contributed by atoms with Crippen LogP contribution in [0.4, 0.5) is 0 Å². The maximum atomic E-state index is 10.4. The minimum absolute atomic E-state index is 0.229. The lowest BCUT2D eigenvalue weighted by molar-refractivity contribution is 0.0582. The second-order valence-electron chi connectivity index (χ2n) is 6.02. The van der Waals surface area contributed by atoms with Crippen LogP contribution in [0.5, 0.6) is 0 Å². The zero-order valence-electron chi connectivity index (χ0n) is 11.7. The van der Waals surface area contributed by atoms with Crippen molar-refractivity contribution >= 4 is 0 Å². The van der Waals surface area contributed by atoms with E-state index in [4.69, 9.17) is 5.53 Å². The van der Waals surface area contributed by atoms with E-state index in [0.717, 1.165) is 25.9 Å². The molecule has 2 fully saturated rings. The molecule has 1 saturated heterocycles.